The smallest absolute Gasteiger partial charge is 0.184 e. The number of hydrogen-bond donors (Lipinski definition) is 0. The van der Waals surface area contributed by atoms with E-state index in [1.54, 1.807) is 0 Å². The lowest BCUT2D eigenvalue weighted by Gasteiger charge is -2.03. The van der Waals surface area contributed by atoms with Crippen LogP contribution in [0, 0.1) is 6.92 Å². The van der Waals surface area contributed by atoms with Gasteiger partial charge in [0.2, 0.25) is 5.52 Å². The van der Waals surface area contributed by atoms with Crippen molar-refractivity contribution in [3.63, 3.8) is 0 Å². The minimum atomic E-state index is 0.557. The lowest BCUT2D eigenvalue weighted by Crippen LogP contribution is -2.28. The molecule has 1 heterocycles. The van der Waals surface area contributed by atoms with Crippen molar-refractivity contribution < 1.29 is 4.57 Å². The molecule has 0 bridgehead atoms. The highest BCUT2D eigenvalue weighted by molar-refractivity contribution is 7.21. The number of hydrogen-bond acceptors (Lipinski definition) is 1. The summed E-state index contributed by atoms with van der Waals surface area (Å²) in [6.07, 6.45) is 0. The first-order chi connectivity index (χ1) is 9.59. The van der Waals surface area contributed by atoms with Gasteiger partial charge in [-0.15, -0.1) is 0 Å². The maximum absolute atomic E-state index is 2.33. The number of aromatic nitrogens is 1. The molecule has 2 aromatic carbocycles. The highest BCUT2D eigenvalue weighted by atomic mass is 32.1. The Morgan fingerprint density at radius 2 is 1.75 bits per heavy atom. The molecule has 0 spiro atoms. The molecule has 3 aromatic rings. The van der Waals surface area contributed by atoms with E-state index in [4.69, 9.17) is 0 Å². The highest BCUT2D eigenvalue weighted by Crippen LogP contribution is 2.34. The number of rotatable bonds is 2. The summed E-state index contributed by atoms with van der Waals surface area (Å²) in [5, 5.41) is 1.34. The van der Waals surface area contributed by atoms with Gasteiger partial charge >= 0.3 is 0 Å². The zero-order valence-corrected chi connectivity index (χ0v) is 13.3. The second-order valence-electron chi connectivity index (χ2n) is 5.63. The van der Waals surface area contributed by atoms with Gasteiger partial charge in [0, 0.05) is 6.07 Å². The van der Waals surface area contributed by atoms with Crippen LogP contribution in [0.25, 0.3) is 20.8 Å². The summed E-state index contributed by atoms with van der Waals surface area (Å²) in [6.45, 7) is 6.72. The molecule has 0 unspecified atom stereocenters. The van der Waals surface area contributed by atoms with E-state index in [2.05, 4.69) is 74.9 Å². The van der Waals surface area contributed by atoms with E-state index in [1.165, 1.54) is 31.9 Å². The van der Waals surface area contributed by atoms with Gasteiger partial charge in [0.05, 0.1) is 5.56 Å². The van der Waals surface area contributed by atoms with Gasteiger partial charge in [-0.05, 0) is 30.0 Å². The van der Waals surface area contributed by atoms with Crippen LogP contribution in [-0.2, 0) is 7.05 Å². The zero-order chi connectivity index (χ0) is 14.3. The molecule has 0 N–H and O–H groups in total. The Kier molecular flexibility index (Phi) is 3.35. The van der Waals surface area contributed by atoms with Crippen molar-refractivity contribution in [2.45, 2.75) is 26.7 Å². The zero-order valence-electron chi connectivity index (χ0n) is 12.5. The van der Waals surface area contributed by atoms with E-state index in [0.29, 0.717) is 5.92 Å². The minimum absolute atomic E-state index is 0.557. The molecule has 1 aromatic heterocycles. The molecule has 0 fully saturated rings. The number of thiazole rings is 1. The molecule has 0 saturated heterocycles. The summed E-state index contributed by atoms with van der Waals surface area (Å²) >= 11 is 1.91. The summed E-state index contributed by atoms with van der Waals surface area (Å²) in [7, 11) is 2.17. The van der Waals surface area contributed by atoms with Crippen molar-refractivity contribution in [3.05, 3.63) is 53.6 Å². The van der Waals surface area contributed by atoms with Crippen LogP contribution in [0.1, 0.15) is 30.9 Å². The normalized spacial score (nSPS) is 11.4. The number of fused-ring (bicyclic) bond motifs is 1. The van der Waals surface area contributed by atoms with Crippen LogP contribution in [0.4, 0.5) is 0 Å². The SMILES string of the molecule is Cc1ccccc1-c1sc2c(C(C)C)cccc2[n+]1C. The van der Waals surface area contributed by atoms with Crippen molar-refractivity contribution in [1.29, 1.82) is 0 Å². The number of aryl methyl sites for hydroxylation is 2. The fraction of sp³-hybridized carbons (Fsp3) is 0.278. The first-order valence-electron chi connectivity index (χ1n) is 7.07. The quantitative estimate of drug-likeness (QED) is 0.593. The Morgan fingerprint density at radius 3 is 2.45 bits per heavy atom. The van der Waals surface area contributed by atoms with Gasteiger partial charge in [0.25, 0.3) is 5.01 Å². The van der Waals surface area contributed by atoms with E-state index in [1.807, 2.05) is 11.3 Å². The van der Waals surface area contributed by atoms with Gasteiger partial charge < -0.3 is 0 Å². The van der Waals surface area contributed by atoms with E-state index in [0.717, 1.165) is 0 Å². The largest absolute Gasteiger partial charge is 0.270 e. The summed E-state index contributed by atoms with van der Waals surface area (Å²) in [5.41, 5.74) is 5.45. The molecule has 0 amide bonds. The van der Waals surface area contributed by atoms with Gasteiger partial charge in [-0.3, -0.25) is 0 Å². The first-order valence-corrected chi connectivity index (χ1v) is 7.88. The standard InChI is InChI=1S/C18H20NS/c1-12(2)14-10-7-11-16-17(14)20-18(19(16)4)15-9-6-5-8-13(15)3/h5-12H,1-4H3/q+1. The van der Waals surface area contributed by atoms with E-state index in [9.17, 15) is 0 Å². The van der Waals surface area contributed by atoms with Crippen molar-refractivity contribution >= 4 is 21.6 Å². The molecule has 0 aliphatic carbocycles. The van der Waals surface area contributed by atoms with Gasteiger partial charge in [0.1, 0.15) is 11.7 Å². The summed E-state index contributed by atoms with van der Waals surface area (Å²) in [4.78, 5) is 0. The molecule has 0 radical (unpaired) electrons. The van der Waals surface area contributed by atoms with Crippen LogP contribution >= 0.6 is 11.3 Å². The molecule has 2 heteroatoms. The Morgan fingerprint density at radius 1 is 1.00 bits per heavy atom. The molecule has 0 atom stereocenters. The lowest BCUT2D eigenvalue weighted by molar-refractivity contribution is -0.629. The Balaban J connectivity index is 2.32. The van der Waals surface area contributed by atoms with Crippen molar-refractivity contribution in [2.75, 3.05) is 0 Å². The molecule has 102 valence electrons. The van der Waals surface area contributed by atoms with Crippen LogP contribution in [0.5, 0.6) is 0 Å². The predicted octanol–water partition coefficient (Wildman–Crippen LogP) is 4.82. The molecule has 20 heavy (non-hydrogen) atoms. The van der Waals surface area contributed by atoms with Crippen LogP contribution < -0.4 is 4.57 Å². The van der Waals surface area contributed by atoms with Crippen LogP contribution in [0.2, 0.25) is 0 Å². The van der Waals surface area contributed by atoms with Gasteiger partial charge in [-0.2, -0.15) is 4.57 Å². The number of benzene rings is 2. The Bertz CT molecular complexity index is 768. The van der Waals surface area contributed by atoms with Crippen LogP contribution in [0.3, 0.4) is 0 Å². The average Bonchev–Trinajstić information content (AvgIpc) is 2.76. The molecular formula is C18H20NS+. The van der Waals surface area contributed by atoms with E-state index >= 15 is 0 Å². The van der Waals surface area contributed by atoms with E-state index in [-0.39, 0.29) is 0 Å². The second-order valence-corrected chi connectivity index (χ2v) is 6.63. The molecule has 0 aliphatic rings. The highest BCUT2D eigenvalue weighted by Gasteiger charge is 2.22. The first kappa shape index (κ1) is 13.3. The van der Waals surface area contributed by atoms with Crippen LogP contribution in [0.15, 0.2) is 42.5 Å². The monoisotopic (exact) mass is 282 g/mol. The molecule has 1 nitrogen and oxygen atoms in total. The average molecular weight is 282 g/mol. The molecular weight excluding hydrogens is 262 g/mol. The summed E-state index contributed by atoms with van der Waals surface area (Å²) < 4.78 is 3.75. The van der Waals surface area contributed by atoms with Crippen molar-refractivity contribution in [3.8, 4) is 10.6 Å². The van der Waals surface area contributed by atoms with Gasteiger partial charge in [-0.25, -0.2) is 0 Å². The maximum atomic E-state index is 2.33. The fourth-order valence-corrected chi connectivity index (χ4v) is 4.19. The van der Waals surface area contributed by atoms with Crippen molar-refractivity contribution in [2.24, 2.45) is 7.05 Å². The minimum Gasteiger partial charge on any atom is -0.184 e. The van der Waals surface area contributed by atoms with Gasteiger partial charge in [0.15, 0.2) is 0 Å². The maximum Gasteiger partial charge on any atom is 0.270 e. The lowest BCUT2D eigenvalue weighted by atomic mass is 10.0. The summed E-state index contributed by atoms with van der Waals surface area (Å²) in [6, 6.07) is 15.3. The van der Waals surface area contributed by atoms with Gasteiger partial charge in [-0.1, -0.05) is 55.5 Å². The summed E-state index contributed by atoms with van der Waals surface area (Å²) in [5.74, 6) is 0.557. The third-order valence-corrected chi connectivity index (χ3v) is 5.22. The second kappa shape index (κ2) is 5.02. The molecule has 0 aliphatic heterocycles. The Labute approximate surface area is 124 Å². The topological polar surface area (TPSA) is 3.88 Å². The third kappa shape index (κ3) is 2.04. The van der Waals surface area contributed by atoms with Crippen LogP contribution in [-0.4, -0.2) is 0 Å². The van der Waals surface area contributed by atoms with E-state index < -0.39 is 0 Å². The third-order valence-electron chi connectivity index (χ3n) is 3.89. The number of nitrogens with zero attached hydrogens (tertiary/aromatic N) is 1. The van der Waals surface area contributed by atoms with Crippen molar-refractivity contribution in [1.82, 2.24) is 0 Å². The molecule has 0 saturated carbocycles. The molecule has 3 rings (SSSR count). The predicted molar refractivity (Wildman–Crippen MR) is 87.3 cm³/mol. The Hall–Kier alpha value is -1.67. The fourth-order valence-electron chi connectivity index (χ4n) is 2.70.